The Morgan fingerprint density at radius 1 is 1.21 bits per heavy atom. The fourth-order valence-electron chi connectivity index (χ4n) is 1.84. The zero-order valence-corrected chi connectivity index (χ0v) is 16.2. The number of fused-ring (bicyclic) bond motifs is 1. The van der Waals surface area contributed by atoms with Gasteiger partial charge in [0.25, 0.3) is 0 Å². The summed E-state index contributed by atoms with van der Waals surface area (Å²) in [4.78, 5) is 12.1. The molecule has 0 aliphatic heterocycles. The Labute approximate surface area is 156 Å². The van der Waals surface area contributed by atoms with Crippen LogP contribution in [0, 0.1) is 0 Å². The van der Waals surface area contributed by atoms with Crippen molar-refractivity contribution in [2.75, 3.05) is 16.8 Å². The number of carbonyl (C=O) groups excluding carboxylic acids is 1. The summed E-state index contributed by atoms with van der Waals surface area (Å²) in [6.07, 6.45) is 2.35. The molecule has 1 aromatic carbocycles. The van der Waals surface area contributed by atoms with Crippen LogP contribution in [0.1, 0.15) is 19.8 Å². The molecule has 1 N–H and O–H groups in total. The third kappa shape index (κ3) is 4.65. The van der Waals surface area contributed by atoms with Crippen molar-refractivity contribution >= 4 is 69.2 Å². The molecule has 2 heterocycles. The van der Waals surface area contributed by atoms with Crippen LogP contribution in [-0.2, 0) is 4.79 Å². The molecule has 0 saturated heterocycles. The summed E-state index contributed by atoms with van der Waals surface area (Å²) in [6, 6.07) is 5.57. The lowest BCUT2D eigenvalue weighted by Gasteiger charge is -2.04. The minimum atomic E-state index is -0.0871. The third-order valence-electron chi connectivity index (χ3n) is 3.00. The van der Waals surface area contributed by atoms with Crippen molar-refractivity contribution in [2.45, 2.75) is 28.4 Å². The number of carbonyl (C=O) groups is 1. The molecule has 0 unspecified atom stereocenters. The monoisotopic (exact) mass is 397 g/mol. The molecule has 0 atom stereocenters. The number of amides is 1. The Morgan fingerprint density at radius 3 is 2.88 bits per heavy atom. The largest absolute Gasteiger partial charge is 0.323 e. The van der Waals surface area contributed by atoms with E-state index in [1.165, 1.54) is 35.9 Å². The minimum absolute atomic E-state index is 0.0871. The molecule has 0 saturated carbocycles. The van der Waals surface area contributed by atoms with E-state index < -0.39 is 0 Å². The second-order valence-electron chi connectivity index (χ2n) is 4.81. The Morgan fingerprint density at radius 2 is 2.04 bits per heavy atom. The van der Waals surface area contributed by atoms with E-state index in [-0.39, 0.29) is 5.91 Å². The Bertz CT molecular complexity index is 818. The van der Waals surface area contributed by atoms with E-state index in [1.54, 1.807) is 11.8 Å². The van der Waals surface area contributed by atoms with Crippen molar-refractivity contribution in [3.05, 3.63) is 18.2 Å². The highest BCUT2D eigenvalue weighted by Gasteiger charge is 2.11. The van der Waals surface area contributed by atoms with E-state index in [2.05, 4.69) is 31.2 Å². The van der Waals surface area contributed by atoms with E-state index in [9.17, 15) is 4.79 Å². The summed E-state index contributed by atoms with van der Waals surface area (Å²) in [5.74, 6) is 1.26. The standard InChI is InChI=1S/C14H15N5OS4/c1-2-3-7-21-13-16-17-14(23-13)22-8-11(20)15-9-5-4-6-10-12(9)19-24-18-10/h4-6H,2-3,7-8H2,1H3,(H,15,20). The molecule has 0 fully saturated rings. The van der Waals surface area contributed by atoms with Crippen LogP contribution in [0.15, 0.2) is 26.9 Å². The van der Waals surface area contributed by atoms with Gasteiger partial charge in [-0.2, -0.15) is 8.75 Å². The zero-order valence-electron chi connectivity index (χ0n) is 12.9. The molecule has 0 aliphatic carbocycles. The molecule has 1 amide bonds. The highest BCUT2D eigenvalue weighted by Crippen LogP contribution is 2.29. The molecule has 24 heavy (non-hydrogen) atoms. The van der Waals surface area contributed by atoms with Crippen LogP contribution >= 0.6 is 46.6 Å². The van der Waals surface area contributed by atoms with Gasteiger partial charge in [-0.15, -0.1) is 10.2 Å². The fraction of sp³-hybridized carbons (Fsp3) is 0.357. The zero-order chi connectivity index (χ0) is 16.8. The van der Waals surface area contributed by atoms with Crippen LogP contribution in [0.2, 0.25) is 0 Å². The number of aromatic nitrogens is 4. The van der Waals surface area contributed by atoms with Crippen molar-refractivity contribution in [3.8, 4) is 0 Å². The highest BCUT2D eigenvalue weighted by atomic mass is 32.2. The van der Waals surface area contributed by atoms with E-state index in [0.717, 1.165) is 37.2 Å². The maximum atomic E-state index is 12.1. The lowest BCUT2D eigenvalue weighted by Crippen LogP contribution is -2.14. The fourth-order valence-corrected chi connectivity index (χ4v) is 5.36. The normalized spacial score (nSPS) is 11.0. The number of benzene rings is 1. The van der Waals surface area contributed by atoms with E-state index in [4.69, 9.17) is 0 Å². The van der Waals surface area contributed by atoms with Gasteiger partial charge in [0.05, 0.1) is 23.2 Å². The summed E-state index contributed by atoms with van der Waals surface area (Å²) in [5.41, 5.74) is 2.22. The summed E-state index contributed by atoms with van der Waals surface area (Å²) in [5, 5.41) is 11.2. The molecule has 2 aromatic heterocycles. The smallest absolute Gasteiger partial charge is 0.234 e. The molecule has 0 aliphatic rings. The topological polar surface area (TPSA) is 80.7 Å². The molecule has 3 aromatic rings. The van der Waals surface area contributed by atoms with Gasteiger partial charge >= 0.3 is 0 Å². The van der Waals surface area contributed by atoms with Gasteiger partial charge in [0.1, 0.15) is 11.0 Å². The molecular weight excluding hydrogens is 382 g/mol. The van der Waals surface area contributed by atoms with Gasteiger partial charge in [-0.05, 0) is 18.6 Å². The summed E-state index contributed by atoms with van der Waals surface area (Å²) in [7, 11) is 0. The number of unbranched alkanes of at least 4 members (excludes halogenated alkanes) is 1. The average Bonchev–Trinajstić information content (AvgIpc) is 3.23. The second-order valence-corrected chi connectivity index (χ2v) is 8.88. The van der Waals surface area contributed by atoms with Crippen LogP contribution < -0.4 is 5.32 Å². The quantitative estimate of drug-likeness (QED) is 0.451. The molecule has 10 heteroatoms. The number of thioether (sulfide) groups is 2. The third-order valence-corrected chi connectivity index (χ3v) is 6.82. The lowest BCUT2D eigenvalue weighted by atomic mass is 10.2. The van der Waals surface area contributed by atoms with Gasteiger partial charge in [0, 0.05) is 5.75 Å². The van der Waals surface area contributed by atoms with Crippen LogP contribution in [0.5, 0.6) is 0 Å². The Balaban J connectivity index is 1.51. The molecule has 126 valence electrons. The number of nitrogens with one attached hydrogen (secondary N) is 1. The van der Waals surface area contributed by atoms with Gasteiger partial charge < -0.3 is 5.32 Å². The number of hydrogen-bond acceptors (Lipinski definition) is 9. The predicted octanol–water partition coefficient (Wildman–Crippen LogP) is 4.17. The van der Waals surface area contributed by atoms with Gasteiger partial charge in [0.15, 0.2) is 8.68 Å². The number of hydrogen-bond donors (Lipinski definition) is 1. The first-order valence-corrected chi connectivity index (χ1v) is 10.9. The summed E-state index contributed by atoms with van der Waals surface area (Å²) < 4.78 is 10.2. The van der Waals surface area contributed by atoms with Gasteiger partial charge in [-0.25, -0.2) is 0 Å². The van der Waals surface area contributed by atoms with Crippen LogP contribution in [0.25, 0.3) is 11.0 Å². The van der Waals surface area contributed by atoms with Crippen molar-refractivity contribution in [1.82, 2.24) is 18.9 Å². The number of nitrogens with zero attached hydrogens (tertiary/aromatic N) is 4. The van der Waals surface area contributed by atoms with Crippen molar-refractivity contribution < 1.29 is 4.79 Å². The first-order chi connectivity index (χ1) is 11.8. The van der Waals surface area contributed by atoms with Gasteiger partial charge in [-0.3, -0.25) is 4.79 Å². The van der Waals surface area contributed by atoms with Crippen LogP contribution in [0.3, 0.4) is 0 Å². The predicted molar refractivity (Wildman–Crippen MR) is 102 cm³/mol. The van der Waals surface area contributed by atoms with Gasteiger partial charge in [0.2, 0.25) is 5.91 Å². The second kappa shape index (κ2) is 8.75. The van der Waals surface area contributed by atoms with E-state index in [1.807, 2.05) is 18.2 Å². The summed E-state index contributed by atoms with van der Waals surface area (Å²) in [6.45, 7) is 2.17. The number of anilines is 1. The molecule has 0 spiro atoms. The van der Waals surface area contributed by atoms with Crippen molar-refractivity contribution in [1.29, 1.82) is 0 Å². The Kier molecular flexibility index (Phi) is 6.41. The lowest BCUT2D eigenvalue weighted by molar-refractivity contribution is -0.113. The average molecular weight is 398 g/mol. The molecule has 0 bridgehead atoms. The number of rotatable bonds is 8. The maximum absolute atomic E-state index is 12.1. The van der Waals surface area contributed by atoms with Crippen LogP contribution in [0.4, 0.5) is 5.69 Å². The van der Waals surface area contributed by atoms with Crippen LogP contribution in [-0.4, -0.2) is 36.4 Å². The first-order valence-electron chi connectivity index (χ1n) is 7.36. The van der Waals surface area contributed by atoms with Gasteiger partial charge in [-0.1, -0.05) is 54.3 Å². The first kappa shape index (κ1) is 17.6. The summed E-state index contributed by atoms with van der Waals surface area (Å²) >= 11 is 5.80. The van der Waals surface area contributed by atoms with Crippen molar-refractivity contribution in [3.63, 3.8) is 0 Å². The maximum Gasteiger partial charge on any atom is 0.234 e. The SMILES string of the molecule is CCCCSc1nnc(SCC(=O)Nc2cccc3nsnc23)s1. The van der Waals surface area contributed by atoms with Crippen molar-refractivity contribution in [2.24, 2.45) is 0 Å². The minimum Gasteiger partial charge on any atom is -0.323 e. The molecule has 0 radical (unpaired) electrons. The van der Waals surface area contributed by atoms with E-state index >= 15 is 0 Å². The Hall–Kier alpha value is -1.23. The molecular formula is C14H15N5OS4. The highest BCUT2D eigenvalue weighted by molar-refractivity contribution is 8.03. The molecule has 3 rings (SSSR count). The van der Waals surface area contributed by atoms with E-state index in [0.29, 0.717) is 11.4 Å². The molecule has 6 nitrogen and oxygen atoms in total.